The van der Waals surface area contributed by atoms with Crippen LogP contribution < -0.4 is 14.2 Å². The molecular formula is C47H58O7. The summed E-state index contributed by atoms with van der Waals surface area (Å²) in [4.78, 5) is 38.4. The quantitative estimate of drug-likeness (QED) is 0.0402. The first-order valence-corrected chi connectivity index (χ1v) is 20.0. The molecule has 0 saturated carbocycles. The molecule has 4 aromatic rings. The number of carbonyl (C=O) groups excluding carboxylic acids is 3. The summed E-state index contributed by atoms with van der Waals surface area (Å²) in [5.74, 6) is -0.223. The molecule has 4 aromatic carbocycles. The van der Waals surface area contributed by atoms with E-state index >= 15 is 0 Å². The summed E-state index contributed by atoms with van der Waals surface area (Å²) in [6.45, 7) is 7.05. The van der Waals surface area contributed by atoms with Crippen molar-refractivity contribution in [1.82, 2.24) is 0 Å². The molecule has 0 saturated heterocycles. The van der Waals surface area contributed by atoms with Gasteiger partial charge in [0.15, 0.2) is 0 Å². The van der Waals surface area contributed by atoms with Crippen molar-refractivity contribution in [3.63, 3.8) is 0 Å². The lowest BCUT2D eigenvalue weighted by Crippen LogP contribution is -2.15. The van der Waals surface area contributed by atoms with Crippen LogP contribution in [0.5, 0.6) is 17.2 Å². The molecule has 0 bridgehead atoms. The minimum atomic E-state index is -0.622. The second-order valence-corrected chi connectivity index (χ2v) is 14.0. The van der Waals surface area contributed by atoms with Gasteiger partial charge in [-0.05, 0) is 104 Å². The average Bonchev–Trinajstić information content (AvgIpc) is 3.19. The number of ether oxygens (including phenoxy) is 4. The summed E-state index contributed by atoms with van der Waals surface area (Å²) < 4.78 is 22.6. The van der Waals surface area contributed by atoms with E-state index in [-0.39, 0.29) is 23.2 Å². The lowest BCUT2D eigenvalue weighted by Gasteiger charge is -2.13. The van der Waals surface area contributed by atoms with E-state index < -0.39 is 17.9 Å². The van der Waals surface area contributed by atoms with E-state index in [2.05, 4.69) is 13.8 Å². The van der Waals surface area contributed by atoms with Gasteiger partial charge < -0.3 is 18.9 Å². The highest BCUT2D eigenvalue weighted by Gasteiger charge is 2.15. The molecule has 0 spiro atoms. The van der Waals surface area contributed by atoms with Gasteiger partial charge in [0, 0.05) is 0 Å². The van der Waals surface area contributed by atoms with Crippen LogP contribution in [0.2, 0.25) is 0 Å². The molecule has 7 nitrogen and oxygen atoms in total. The fourth-order valence-corrected chi connectivity index (χ4v) is 6.17. The Balaban J connectivity index is 1.19. The summed E-state index contributed by atoms with van der Waals surface area (Å²) in [5, 5.41) is 0. The van der Waals surface area contributed by atoms with Gasteiger partial charge >= 0.3 is 17.9 Å². The van der Waals surface area contributed by atoms with Crippen LogP contribution in [0, 0.1) is 0 Å². The van der Waals surface area contributed by atoms with Crippen molar-refractivity contribution < 1.29 is 33.3 Å². The van der Waals surface area contributed by atoms with Crippen molar-refractivity contribution >= 4 is 17.9 Å². The van der Waals surface area contributed by atoms with Gasteiger partial charge in [0.2, 0.25) is 0 Å². The van der Waals surface area contributed by atoms with Crippen molar-refractivity contribution in [2.24, 2.45) is 0 Å². The summed E-state index contributed by atoms with van der Waals surface area (Å²) >= 11 is 0. The lowest BCUT2D eigenvalue weighted by atomic mass is 10.0. The molecule has 0 N–H and O–H groups in total. The first kappa shape index (κ1) is 41.8. The summed E-state index contributed by atoms with van der Waals surface area (Å²) in [6.07, 6.45) is 18.1. The predicted octanol–water partition coefficient (Wildman–Crippen LogP) is 12.6. The van der Waals surface area contributed by atoms with Gasteiger partial charge in [0.1, 0.15) is 17.2 Å². The highest BCUT2D eigenvalue weighted by molar-refractivity contribution is 5.94. The lowest BCUT2D eigenvalue weighted by molar-refractivity contribution is 0.0319. The zero-order chi connectivity index (χ0) is 38.4. The van der Waals surface area contributed by atoms with Gasteiger partial charge in [0.25, 0.3) is 0 Å². The molecule has 0 amide bonds. The third-order valence-corrected chi connectivity index (χ3v) is 9.43. The van der Waals surface area contributed by atoms with Crippen LogP contribution in [0.15, 0.2) is 97.1 Å². The Morgan fingerprint density at radius 1 is 0.481 bits per heavy atom. The Hall–Kier alpha value is -4.91. The van der Waals surface area contributed by atoms with Crippen LogP contribution >= 0.6 is 0 Å². The highest BCUT2D eigenvalue weighted by atomic mass is 16.5. The maximum Gasteiger partial charge on any atom is 0.343 e. The molecule has 0 unspecified atom stereocenters. The van der Waals surface area contributed by atoms with Crippen molar-refractivity contribution in [1.29, 1.82) is 0 Å². The van der Waals surface area contributed by atoms with Gasteiger partial charge in [-0.15, -0.1) is 0 Å². The van der Waals surface area contributed by atoms with Gasteiger partial charge in [0.05, 0.1) is 29.4 Å². The second-order valence-electron chi connectivity index (χ2n) is 14.0. The number of rotatable bonds is 24. The molecule has 0 aliphatic carbocycles. The van der Waals surface area contributed by atoms with E-state index in [9.17, 15) is 14.4 Å². The standard InChI is InChI=1S/C47H58O7/c1-4-6-8-10-11-12-13-14-15-17-34-51-42-30-26-38(27-31-42)37-22-24-39(25-23-37)46(49)54-44-21-18-20-41(35-44)47(50)53-43-32-28-40(29-33-43)45(48)52-36(3)19-16-9-7-5-2/h18,20-33,35-36H,4-17,19,34H2,1-3H3/t36-/m0/s1. The minimum absolute atomic E-state index is 0.166. The summed E-state index contributed by atoms with van der Waals surface area (Å²) in [6, 6.07) is 27.7. The Kier molecular flexibility index (Phi) is 18.4. The number of benzene rings is 4. The van der Waals surface area contributed by atoms with Crippen LogP contribution in [0.1, 0.15) is 148 Å². The van der Waals surface area contributed by atoms with Gasteiger partial charge in [-0.25, -0.2) is 14.4 Å². The molecule has 0 fully saturated rings. The second kappa shape index (κ2) is 23.7. The normalized spacial score (nSPS) is 11.5. The fraction of sp³-hybridized carbons (Fsp3) is 0.426. The highest BCUT2D eigenvalue weighted by Crippen LogP contribution is 2.25. The third-order valence-electron chi connectivity index (χ3n) is 9.43. The largest absolute Gasteiger partial charge is 0.494 e. The van der Waals surface area contributed by atoms with E-state index in [0.717, 1.165) is 55.6 Å². The van der Waals surface area contributed by atoms with E-state index in [4.69, 9.17) is 18.9 Å². The molecule has 0 radical (unpaired) electrons. The maximum absolute atomic E-state index is 13.0. The Morgan fingerprint density at radius 2 is 0.963 bits per heavy atom. The van der Waals surface area contributed by atoms with Crippen LogP contribution in [0.25, 0.3) is 11.1 Å². The van der Waals surface area contributed by atoms with Crippen molar-refractivity contribution in [3.8, 4) is 28.4 Å². The Bertz CT molecular complexity index is 1690. The molecule has 288 valence electrons. The topological polar surface area (TPSA) is 88.1 Å². The Morgan fingerprint density at radius 3 is 1.59 bits per heavy atom. The monoisotopic (exact) mass is 734 g/mol. The van der Waals surface area contributed by atoms with E-state index in [1.807, 2.05) is 43.3 Å². The average molecular weight is 735 g/mol. The molecule has 0 aliphatic heterocycles. The SMILES string of the molecule is CCCCCCCCCCCCOc1ccc(-c2ccc(C(=O)Oc3cccc(C(=O)Oc4ccc(C(=O)O[C@@H](C)CCCCCC)cc4)c3)cc2)cc1. The minimum Gasteiger partial charge on any atom is -0.494 e. The fourth-order valence-electron chi connectivity index (χ4n) is 6.17. The van der Waals surface area contributed by atoms with Crippen LogP contribution in [-0.2, 0) is 4.74 Å². The smallest absolute Gasteiger partial charge is 0.343 e. The molecular weight excluding hydrogens is 677 g/mol. The molecule has 54 heavy (non-hydrogen) atoms. The van der Waals surface area contributed by atoms with E-state index in [0.29, 0.717) is 11.1 Å². The molecule has 0 aromatic heterocycles. The number of hydrogen-bond acceptors (Lipinski definition) is 7. The van der Waals surface area contributed by atoms with Crippen molar-refractivity contribution in [3.05, 3.63) is 114 Å². The van der Waals surface area contributed by atoms with Gasteiger partial charge in [-0.1, -0.05) is 121 Å². The van der Waals surface area contributed by atoms with E-state index in [1.165, 1.54) is 70.3 Å². The zero-order valence-corrected chi connectivity index (χ0v) is 32.5. The van der Waals surface area contributed by atoms with Crippen molar-refractivity contribution in [2.45, 2.75) is 123 Å². The Labute approximate surface area is 322 Å². The zero-order valence-electron chi connectivity index (χ0n) is 32.5. The summed E-state index contributed by atoms with van der Waals surface area (Å²) in [5.41, 5.74) is 2.97. The van der Waals surface area contributed by atoms with Crippen LogP contribution in [-0.4, -0.2) is 30.6 Å². The first-order chi connectivity index (χ1) is 26.4. The number of esters is 3. The third kappa shape index (κ3) is 14.8. The number of unbranched alkanes of at least 4 members (excludes halogenated alkanes) is 12. The first-order valence-electron chi connectivity index (χ1n) is 20.0. The van der Waals surface area contributed by atoms with Crippen LogP contribution in [0.3, 0.4) is 0 Å². The molecule has 4 rings (SSSR count). The van der Waals surface area contributed by atoms with Crippen molar-refractivity contribution in [2.75, 3.05) is 6.61 Å². The molecule has 7 heteroatoms. The number of hydrogen-bond donors (Lipinski definition) is 0. The molecule has 0 heterocycles. The number of carbonyl (C=O) groups is 3. The predicted molar refractivity (Wildman–Crippen MR) is 216 cm³/mol. The van der Waals surface area contributed by atoms with Gasteiger partial charge in [-0.2, -0.15) is 0 Å². The van der Waals surface area contributed by atoms with Crippen LogP contribution in [0.4, 0.5) is 0 Å². The van der Waals surface area contributed by atoms with Gasteiger partial charge in [-0.3, -0.25) is 0 Å². The summed E-state index contributed by atoms with van der Waals surface area (Å²) in [7, 11) is 0. The molecule has 1 atom stereocenters. The molecule has 0 aliphatic rings. The van der Waals surface area contributed by atoms with E-state index in [1.54, 1.807) is 54.6 Å². The maximum atomic E-state index is 13.0.